The van der Waals surface area contributed by atoms with E-state index < -0.39 is 0 Å². The van der Waals surface area contributed by atoms with E-state index in [1.54, 1.807) is 0 Å². The molecule has 0 N–H and O–H groups in total. The minimum atomic E-state index is -0.0874. The maximum absolute atomic E-state index is 6.11. The minimum Gasteiger partial charge on any atom is -0.413 e. The van der Waals surface area contributed by atoms with Gasteiger partial charge < -0.3 is 4.42 Å². The van der Waals surface area contributed by atoms with Crippen LogP contribution in [-0.4, -0.2) is 20.2 Å². The molecule has 5 aromatic rings. The topological polar surface area (TPSA) is 64.7 Å². The van der Waals surface area contributed by atoms with E-state index in [0.29, 0.717) is 23.2 Å². The molecule has 3 aromatic heterocycles. The molecule has 0 saturated heterocycles. The molecule has 0 fully saturated rings. The lowest BCUT2D eigenvalue weighted by molar-refractivity contribution is 0.579. The van der Waals surface area contributed by atoms with Crippen LogP contribution in [0.15, 0.2) is 77.2 Å². The zero-order chi connectivity index (χ0) is 23.9. The Kier molecular flexibility index (Phi) is 3.89. The van der Waals surface area contributed by atoms with E-state index >= 15 is 0 Å². The van der Waals surface area contributed by atoms with Gasteiger partial charge in [-0.2, -0.15) is 0 Å². The van der Waals surface area contributed by atoms with Crippen LogP contribution in [0.2, 0.25) is 0 Å². The fraction of sp³-hybridized carbons (Fsp3) is 0.200. The van der Waals surface area contributed by atoms with Crippen LogP contribution in [0.5, 0.6) is 0 Å². The van der Waals surface area contributed by atoms with Gasteiger partial charge >= 0.3 is 0 Å². The Bertz CT molecular complexity index is 1540. The molecule has 0 aliphatic heterocycles. The van der Waals surface area contributed by atoms with E-state index in [0.717, 1.165) is 22.5 Å². The fourth-order valence-corrected chi connectivity index (χ4v) is 5.77. The van der Waals surface area contributed by atoms with E-state index in [1.165, 1.54) is 22.3 Å². The van der Waals surface area contributed by atoms with E-state index in [9.17, 15) is 0 Å². The van der Waals surface area contributed by atoms with Gasteiger partial charge in [0.1, 0.15) is 11.4 Å². The van der Waals surface area contributed by atoms with Crippen LogP contribution in [0, 0.1) is 0 Å². The second-order valence-electron chi connectivity index (χ2n) is 10.4. The van der Waals surface area contributed by atoms with E-state index in [4.69, 9.17) is 14.4 Å². The van der Waals surface area contributed by atoms with Gasteiger partial charge in [-0.15, -0.1) is 10.2 Å². The largest absolute Gasteiger partial charge is 0.413 e. The van der Waals surface area contributed by atoms with Crippen molar-refractivity contribution < 1.29 is 4.42 Å². The molecule has 3 heterocycles. The first-order valence-corrected chi connectivity index (χ1v) is 11.9. The third-order valence-electron chi connectivity index (χ3n) is 7.71. The van der Waals surface area contributed by atoms with Gasteiger partial charge in [-0.1, -0.05) is 88.4 Å². The minimum absolute atomic E-state index is 0.0874. The summed E-state index contributed by atoms with van der Waals surface area (Å²) in [5.74, 6) is 0.793. The van der Waals surface area contributed by atoms with Crippen molar-refractivity contribution in [2.45, 2.75) is 38.5 Å². The summed E-state index contributed by atoms with van der Waals surface area (Å²) < 4.78 is 6.11. The molecule has 0 saturated carbocycles. The summed E-state index contributed by atoms with van der Waals surface area (Å²) in [6, 6.07) is 25.1. The van der Waals surface area contributed by atoms with Gasteiger partial charge in [0.2, 0.25) is 0 Å². The van der Waals surface area contributed by atoms with Gasteiger partial charge in [0.15, 0.2) is 0 Å². The van der Waals surface area contributed by atoms with Gasteiger partial charge in [0, 0.05) is 22.0 Å². The van der Waals surface area contributed by atoms with Crippen LogP contribution in [0.3, 0.4) is 0 Å². The summed E-state index contributed by atoms with van der Waals surface area (Å²) >= 11 is 0. The van der Waals surface area contributed by atoms with Crippen molar-refractivity contribution in [1.29, 1.82) is 0 Å². The lowest BCUT2D eigenvalue weighted by Crippen LogP contribution is -2.14. The van der Waals surface area contributed by atoms with E-state index in [2.05, 4.69) is 98.6 Å². The smallest absolute Gasteiger partial charge is 0.266 e. The molecule has 2 aliphatic rings. The van der Waals surface area contributed by atoms with Gasteiger partial charge in [-0.25, -0.2) is 9.97 Å². The standard InChI is InChI=1S/C30H24N4O/c1-29(2)19-11-7-5-9-17(19)25-21(29)13-15-23(31-25)27-33-34-28(35-27)24-16-14-22-26(32-24)18-10-6-8-12-20(18)30(22,3)4/h5-16H,1-4H3. The highest BCUT2D eigenvalue weighted by Gasteiger charge is 2.38. The van der Waals surface area contributed by atoms with Crippen LogP contribution in [0.4, 0.5) is 0 Å². The normalized spacial score (nSPS) is 15.9. The number of nitrogens with zero attached hydrogens (tertiary/aromatic N) is 4. The van der Waals surface area contributed by atoms with Gasteiger partial charge in [0.25, 0.3) is 11.8 Å². The average molecular weight is 457 g/mol. The first-order chi connectivity index (χ1) is 16.9. The summed E-state index contributed by atoms with van der Waals surface area (Å²) in [6.07, 6.45) is 0. The molecule has 0 atom stereocenters. The summed E-state index contributed by atoms with van der Waals surface area (Å²) in [7, 11) is 0. The Balaban J connectivity index is 1.30. The third kappa shape index (κ3) is 2.69. The molecule has 5 heteroatoms. The quantitative estimate of drug-likeness (QED) is 0.292. The molecule has 7 rings (SSSR count). The van der Waals surface area contributed by atoms with Crippen molar-refractivity contribution in [2.75, 3.05) is 0 Å². The second-order valence-corrected chi connectivity index (χ2v) is 10.4. The lowest BCUT2D eigenvalue weighted by Gasteiger charge is -2.20. The van der Waals surface area contributed by atoms with Crippen molar-refractivity contribution in [2.24, 2.45) is 0 Å². The number of rotatable bonds is 2. The fourth-order valence-electron chi connectivity index (χ4n) is 5.77. The Morgan fingerprint density at radius 1 is 0.514 bits per heavy atom. The van der Waals surface area contributed by atoms with Crippen LogP contribution in [0.25, 0.3) is 45.7 Å². The highest BCUT2D eigenvalue weighted by molar-refractivity contribution is 5.80. The highest BCUT2D eigenvalue weighted by Crippen LogP contribution is 2.49. The Morgan fingerprint density at radius 2 is 0.943 bits per heavy atom. The predicted octanol–water partition coefficient (Wildman–Crippen LogP) is 6.81. The number of fused-ring (bicyclic) bond motifs is 6. The second kappa shape index (κ2) is 6.72. The van der Waals surface area contributed by atoms with Gasteiger partial charge in [0.05, 0.1) is 11.4 Å². The third-order valence-corrected chi connectivity index (χ3v) is 7.71. The van der Waals surface area contributed by atoms with E-state index in [-0.39, 0.29) is 10.8 Å². The molecule has 0 radical (unpaired) electrons. The summed E-state index contributed by atoms with van der Waals surface area (Å²) in [6.45, 7) is 8.96. The van der Waals surface area contributed by atoms with Crippen molar-refractivity contribution in [1.82, 2.24) is 20.2 Å². The predicted molar refractivity (Wildman–Crippen MR) is 136 cm³/mol. The monoisotopic (exact) mass is 456 g/mol. The maximum Gasteiger partial charge on any atom is 0.266 e. The summed E-state index contributed by atoms with van der Waals surface area (Å²) in [4.78, 5) is 9.91. The van der Waals surface area contributed by atoms with Crippen LogP contribution >= 0.6 is 0 Å². The number of pyridine rings is 2. The zero-order valence-electron chi connectivity index (χ0n) is 20.1. The first-order valence-electron chi connectivity index (χ1n) is 11.9. The van der Waals surface area contributed by atoms with Crippen LogP contribution in [-0.2, 0) is 10.8 Å². The van der Waals surface area contributed by atoms with Gasteiger partial charge in [-0.3, -0.25) is 0 Å². The molecule has 2 aliphatic carbocycles. The Morgan fingerprint density at radius 3 is 1.40 bits per heavy atom. The molecule has 0 bridgehead atoms. The first kappa shape index (κ1) is 20.3. The molecule has 5 nitrogen and oxygen atoms in total. The zero-order valence-corrected chi connectivity index (χ0v) is 20.1. The molecule has 0 amide bonds. The molecule has 170 valence electrons. The van der Waals surface area contributed by atoms with Crippen molar-refractivity contribution in [3.8, 4) is 45.7 Å². The van der Waals surface area contributed by atoms with Gasteiger partial charge in [-0.05, 0) is 34.4 Å². The average Bonchev–Trinajstić information content (AvgIpc) is 3.52. The van der Waals surface area contributed by atoms with Crippen molar-refractivity contribution in [3.05, 3.63) is 95.1 Å². The Hall–Kier alpha value is -4.12. The van der Waals surface area contributed by atoms with Crippen molar-refractivity contribution in [3.63, 3.8) is 0 Å². The van der Waals surface area contributed by atoms with Crippen LogP contribution in [0.1, 0.15) is 49.9 Å². The highest BCUT2D eigenvalue weighted by atomic mass is 16.4. The molecule has 0 unspecified atom stereocenters. The maximum atomic E-state index is 6.11. The van der Waals surface area contributed by atoms with Crippen molar-refractivity contribution >= 4 is 0 Å². The Labute approximate surface area is 203 Å². The molecule has 2 aromatic carbocycles. The molecule has 0 spiro atoms. The SMILES string of the molecule is CC1(C)c2ccccc2-c2nc(-c3nnc(-c4ccc5c(n4)-c4ccccc4C5(C)C)o3)ccc21. The molecular formula is C30H24N4O. The van der Waals surface area contributed by atoms with Crippen LogP contribution < -0.4 is 0 Å². The summed E-state index contributed by atoms with van der Waals surface area (Å²) in [5, 5.41) is 8.66. The number of hydrogen-bond donors (Lipinski definition) is 0. The molecule has 35 heavy (non-hydrogen) atoms. The number of aromatic nitrogens is 4. The number of benzene rings is 2. The summed E-state index contributed by atoms with van der Waals surface area (Å²) in [5.41, 5.74) is 10.5. The lowest BCUT2D eigenvalue weighted by atomic mass is 9.83. The number of hydrogen-bond acceptors (Lipinski definition) is 5. The molecular weight excluding hydrogens is 432 g/mol. The van der Waals surface area contributed by atoms with E-state index in [1.807, 2.05) is 12.1 Å².